The molecule has 2 aromatic heterocycles. The van der Waals surface area contributed by atoms with E-state index in [-0.39, 0.29) is 0 Å². The molecule has 0 bridgehead atoms. The third-order valence-corrected chi connectivity index (χ3v) is 2.48. The third kappa shape index (κ3) is 2.26. The highest BCUT2D eigenvalue weighted by Gasteiger charge is 2.04. The van der Waals surface area contributed by atoms with E-state index in [1.165, 1.54) is 5.69 Å². The average Bonchev–Trinajstić information content (AvgIpc) is 2.72. The smallest absolute Gasteiger partial charge is 0.133 e. The molecule has 4 nitrogen and oxygen atoms in total. The zero-order valence-electron chi connectivity index (χ0n) is 9.32. The summed E-state index contributed by atoms with van der Waals surface area (Å²) in [7, 11) is 1.96. The van der Waals surface area contributed by atoms with Gasteiger partial charge in [-0.2, -0.15) is 5.10 Å². The second-order valence-corrected chi connectivity index (χ2v) is 3.83. The molecule has 0 aliphatic carbocycles. The van der Waals surface area contributed by atoms with Crippen LogP contribution in [0.4, 0.5) is 0 Å². The maximum atomic E-state index is 5.01. The summed E-state index contributed by atoms with van der Waals surface area (Å²) in [4.78, 5) is 0. The van der Waals surface area contributed by atoms with Gasteiger partial charge in [-0.15, -0.1) is 0 Å². The van der Waals surface area contributed by atoms with Crippen LogP contribution in [-0.2, 0) is 19.9 Å². The van der Waals surface area contributed by atoms with Gasteiger partial charge in [0.25, 0.3) is 0 Å². The van der Waals surface area contributed by atoms with Gasteiger partial charge in [-0.25, -0.2) is 0 Å². The summed E-state index contributed by atoms with van der Waals surface area (Å²) in [6.07, 6.45) is 1.79. The van der Waals surface area contributed by atoms with Gasteiger partial charge in [-0.1, -0.05) is 5.16 Å². The lowest BCUT2D eigenvalue weighted by molar-refractivity contribution is 0.390. The molecule has 0 amide bonds. The number of hydrogen-bond donors (Lipinski definition) is 0. The largest absolute Gasteiger partial charge is 0.361 e. The van der Waals surface area contributed by atoms with Gasteiger partial charge in [0, 0.05) is 18.8 Å². The first-order valence-corrected chi connectivity index (χ1v) is 5.07. The van der Waals surface area contributed by atoms with Crippen molar-refractivity contribution in [3.63, 3.8) is 0 Å². The molecule has 2 aromatic rings. The van der Waals surface area contributed by atoms with Gasteiger partial charge >= 0.3 is 0 Å². The lowest BCUT2D eigenvalue weighted by atomic mass is 10.2. The van der Waals surface area contributed by atoms with Crippen LogP contribution in [0.1, 0.15) is 22.8 Å². The zero-order valence-corrected chi connectivity index (χ0v) is 9.32. The van der Waals surface area contributed by atoms with Crippen molar-refractivity contribution in [3.8, 4) is 0 Å². The minimum atomic E-state index is 0.863. The highest BCUT2D eigenvalue weighted by atomic mass is 16.5. The molecule has 0 atom stereocenters. The molecule has 15 heavy (non-hydrogen) atoms. The quantitative estimate of drug-likeness (QED) is 0.767. The Balaban J connectivity index is 1.99. The van der Waals surface area contributed by atoms with E-state index < -0.39 is 0 Å². The normalized spacial score (nSPS) is 10.9. The van der Waals surface area contributed by atoms with E-state index in [0.717, 1.165) is 30.0 Å². The Morgan fingerprint density at radius 2 is 1.93 bits per heavy atom. The van der Waals surface area contributed by atoms with Crippen molar-refractivity contribution in [2.45, 2.75) is 26.7 Å². The fourth-order valence-electron chi connectivity index (χ4n) is 1.55. The fourth-order valence-corrected chi connectivity index (χ4v) is 1.55. The maximum Gasteiger partial charge on any atom is 0.133 e. The van der Waals surface area contributed by atoms with Gasteiger partial charge in [0.1, 0.15) is 5.76 Å². The summed E-state index contributed by atoms with van der Waals surface area (Å²) in [5, 5.41) is 8.34. The van der Waals surface area contributed by atoms with Crippen LogP contribution in [0.5, 0.6) is 0 Å². The lowest BCUT2D eigenvalue weighted by Crippen LogP contribution is -1.95. The summed E-state index contributed by atoms with van der Waals surface area (Å²) in [5.41, 5.74) is 3.28. The van der Waals surface area contributed by atoms with Crippen molar-refractivity contribution in [2.24, 2.45) is 7.05 Å². The maximum absolute atomic E-state index is 5.01. The first-order valence-electron chi connectivity index (χ1n) is 5.07. The molecule has 0 fully saturated rings. The highest BCUT2D eigenvalue weighted by Crippen LogP contribution is 2.07. The van der Waals surface area contributed by atoms with Gasteiger partial charge in [0.15, 0.2) is 0 Å². The van der Waals surface area contributed by atoms with E-state index in [2.05, 4.69) is 23.2 Å². The molecule has 4 heteroatoms. The van der Waals surface area contributed by atoms with E-state index in [9.17, 15) is 0 Å². The van der Waals surface area contributed by atoms with Gasteiger partial charge in [-0.3, -0.25) is 4.68 Å². The zero-order chi connectivity index (χ0) is 10.8. The van der Waals surface area contributed by atoms with E-state index in [4.69, 9.17) is 4.52 Å². The van der Waals surface area contributed by atoms with Crippen molar-refractivity contribution < 1.29 is 4.52 Å². The lowest BCUT2D eigenvalue weighted by Gasteiger charge is -1.92. The molecule has 0 aliphatic heterocycles. The molecule has 0 spiro atoms. The molecule has 80 valence electrons. The summed E-state index contributed by atoms with van der Waals surface area (Å²) >= 11 is 0. The fraction of sp³-hybridized carbons (Fsp3) is 0.455. The molecule has 0 saturated carbocycles. The van der Waals surface area contributed by atoms with E-state index in [1.807, 2.05) is 24.7 Å². The predicted molar refractivity (Wildman–Crippen MR) is 56.6 cm³/mol. The monoisotopic (exact) mass is 205 g/mol. The molecule has 2 rings (SSSR count). The Hall–Kier alpha value is -1.58. The molecule has 0 N–H and O–H groups in total. The Labute approximate surface area is 88.9 Å². The van der Waals surface area contributed by atoms with Crippen LogP contribution in [0, 0.1) is 13.8 Å². The number of hydrogen-bond acceptors (Lipinski definition) is 3. The third-order valence-electron chi connectivity index (χ3n) is 2.48. The van der Waals surface area contributed by atoms with Crippen LogP contribution < -0.4 is 0 Å². The number of rotatable bonds is 3. The minimum absolute atomic E-state index is 0.863. The van der Waals surface area contributed by atoms with Gasteiger partial charge in [0.05, 0.1) is 11.4 Å². The van der Waals surface area contributed by atoms with E-state index in [0.29, 0.717) is 0 Å². The SMILES string of the molecule is Cc1cc(CCc2cc(C)n(C)n2)no1. The molecule has 0 saturated heterocycles. The summed E-state index contributed by atoms with van der Waals surface area (Å²) in [5.74, 6) is 0.863. The van der Waals surface area contributed by atoms with Crippen molar-refractivity contribution in [1.82, 2.24) is 14.9 Å². The van der Waals surface area contributed by atoms with Gasteiger partial charge < -0.3 is 4.52 Å². The first kappa shape index (κ1) is 9.96. The van der Waals surface area contributed by atoms with E-state index >= 15 is 0 Å². The van der Waals surface area contributed by atoms with E-state index in [1.54, 1.807) is 0 Å². The number of aromatic nitrogens is 3. The van der Waals surface area contributed by atoms with Crippen molar-refractivity contribution >= 4 is 0 Å². The highest BCUT2D eigenvalue weighted by molar-refractivity contribution is 5.11. The van der Waals surface area contributed by atoms with Crippen molar-refractivity contribution in [3.05, 3.63) is 35.0 Å². The number of aryl methyl sites for hydroxylation is 5. The predicted octanol–water partition coefficient (Wildman–Crippen LogP) is 1.81. The molecular weight excluding hydrogens is 190 g/mol. The minimum Gasteiger partial charge on any atom is -0.361 e. The Bertz CT molecular complexity index is 437. The van der Waals surface area contributed by atoms with Crippen LogP contribution in [0.25, 0.3) is 0 Å². The molecule has 0 unspecified atom stereocenters. The molecule has 2 heterocycles. The Kier molecular flexibility index (Phi) is 2.58. The number of nitrogens with zero attached hydrogens (tertiary/aromatic N) is 3. The molecule has 0 aromatic carbocycles. The van der Waals surface area contributed by atoms with Gasteiger partial charge in [0.2, 0.25) is 0 Å². The van der Waals surface area contributed by atoms with Crippen molar-refractivity contribution in [2.75, 3.05) is 0 Å². The topological polar surface area (TPSA) is 43.9 Å². The van der Waals surface area contributed by atoms with Crippen LogP contribution in [0.15, 0.2) is 16.7 Å². The Morgan fingerprint density at radius 3 is 2.47 bits per heavy atom. The summed E-state index contributed by atoms with van der Waals surface area (Å²) in [6.45, 7) is 3.96. The van der Waals surface area contributed by atoms with Crippen LogP contribution in [0.3, 0.4) is 0 Å². The van der Waals surface area contributed by atoms with Gasteiger partial charge in [-0.05, 0) is 32.8 Å². The standard InChI is InChI=1S/C11H15N3O/c1-8-6-10(12-14(8)3)4-5-11-7-9(2)15-13-11/h6-7H,4-5H2,1-3H3. The summed E-state index contributed by atoms with van der Waals surface area (Å²) in [6, 6.07) is 4.07. The van der Waals surface area contributed by atoms with Crippen molar-refractivity contribution in [1.29, 1.82) is 0 Å². The molecular formula is C11H15N3O. The summed E-state index contributed by atoms with van der Waals surface area (Å²) < 4.78 is 6.90. The van der Waals surface area contributed by atoms with Crippen LogP contribution in [-0.4, -0.2) is 14.9 Å². The second kappa shape index (κ2) is 3.88. The van der Waals surface area contributed by atoms with Crippen LogP contribution in [0.2, 0.25) is 0 Å². The first-order chi connectivity index (χ1) is 7.15. The van der Waals surface area contributed by atoms with Crippen LogP contribution >= 0.6 is 0 Å². The second-order valence-electron chi connectivity index (χ2n) is 3.83. The molecule has 0 radical (unpaired) electrons. The molecule has 0 aliphatic rings. The average molecular weight is 205 g/mol. The Morgan fingerprint density at radius 1 is 1.20 bits per heavy atom.